The molecule has 28 heavy (non-hydrogen) atoms. The van der Waals surface area contributed by atoms with Crippen LogP contribution >= 0.6 is 11.6 Å². The summed E-state index contributed by atoms with van der Waals surface area (Å²) < 4.78 is 1.49. The standard InChI is InChI=1S/C20H18ClN3O4/c1-2-24-19-15(7-6-14(23-19)11-22-28)18(12-4-3-5-13(21)10-12)16(20(24)27)8-9-17(25)26/h3-7,10H,2,8-9,11H2,1H3,(H,25,26). The minimum Gasteiger partial charge on any atom is -0.481 e. The summed E-state index contributed by atoms with van der Waals surface area (Å²) in [7, 11) is 0. The molecule has 0 unspecified atom stereocenters. The molecule has 0 bridgehead atoms. The second kappa shape index (κ2) is 8.31. The van der Waals surface area contributed by atoms with Gasteiger partial charge in [-0.15, -0.1) is 0 Å². The molecule has 0 aliphatic rings. The number of rotatable bonds is 7. The van der Waals surface area contributed by atoms with Crippen LogP contribution in [0.2, 0.25) is 5.02 Å². The number of pyridine rings is 2. The van der Waals surface area contributed by atoms with Crippen LogP contribution in [0.3, 0.4) is 0 Å². The first-order chi connectivity index (χ1) is 13.5. The summed E-state index contributed by atoms with van der Waals surface area (Å²) >= 11 is 6.15. The van der Waals surface area contributed by atoms with Crippen molar-refractivity contribution in [3.8, 4) is 11.1 Å². The highest BCUT2D eigenvalue weighted by molar-refractivity contribution is 6.30. The number of nitrogens with zero attached hydrogens (tertiary/aromatic N) is 3. The van der Waals surface area contributed by atoms with Crippen molar-refractivity contribution in [1.29, 1.82) is 0 Å². The van der Waals surface area contributed by atoms with Gasteiger partial charge in [-0.25, -0.2) is 4.98 Å². The van der Waals surface area contributed by atoms with Gasteiger partial charge in [0.25, 0.3) is 5.56 Å². The average Bonchev–Trinajstić information content (AvgIpc) is 2.66. The lowest BCUT2D eigenvalue weighted by atomic mass is 9.94. The number of hydrogen-bond donors (Lipinski definition) is 1. The van der Waals surface area contributed by atoms with Crippen molar-refractivity contribution in [2.45, 2.75) is 32.9 Å². The minimum absolute atomic E-state index is 0.0869. The van der Waals surface area contributed by atoms with Crippen molar-refractivity contribution in [2.75, 3.05) is 0 Å². The molecule has 8 heteroatoms. The molecule has 0 fully saturated rings. The number of aryl methyl sites for hydroxylation is 1. The first-order valence-corrected chi connectivity index (χ1v) is 9.16. The van der Waals surface area contributed by atoms with E-state index in [1.807, 2.05) is 13.0 Å². The van der Waals surface area contributed by atoms with E-state index in [9.17, 15) is 14.5 Å². The Morgan fingerprint density at radius 3 is 2.71 bits per heavy atom. The van der Waals surface area contributed by atoms with Crippen molar-refractivity contribution >= 4 is 28.6 Å². The van der Waals surface area contributed by atoms with Gasteiger partial charge in [0.2, 0.25) is 0 Å². The predicted molar refractivity (Wildman–Crippen MR) is 108 cm³/mol. The Hall–Kier alpha value is -3.06. The highest BCUT2D eigenvalue weighted by atomic mass is 35.5. The van der Waals surface area contributed by atoms with Gasteiger partial charge >= 0.3 is 5.97 Å². The van der Waals surface area contributed by atoms with Crippen LogP contribution in [0, 0.1) is 4.91 Å². The smallest absolute Gasteiger partial charge is 0.303 e. The Morgan fingerprint density at radius 2 is 2.07 bits per heavy atom. The van der Waals surface area contributed by atoms with Crippen LogP contribution in [0.4, 0.5) is 0 Å². The molecule has 0 saturated carbocycles. The van der Waals surface area contributed by atoms with Crippen LogP contribution in [0.1, 0.15) is 24.6 Å². The SMILES string of the molecule is CCn1c(=O)c(CCC(=O)O)c(-c2cccc(Cl)c2)c2ccc(CN=O)nc21. The third-order valence-corrected chi connectivity index (χ3v) is 4.74. The van der Waals surface area contributed by atoms with E-state index in [2.05, 4.69) is 10.2 Å². The number of nitroso groups, excluding NO2 is 1. The number of carboxylic acids is 1. The van der Waals surface area contributed by atoms with Crippen molar-refractivity contribution < 1.29 is 9.90 Å². The molecule has 3 aromatic rings. The molecular formula is C20H18ClN3O4. The number of halogens is 1. The maximum Gasteiger partial charge on any atom is 0.303 e. The van der Waals surface area contributed by atoms with E-state index in [1.165, 1.54) is 4.57 Å². The first kappa shape index (κ1) is 19.7. The van der Waals surface area contributed by atoms with Gasteiger partial charge in [0, 0.05) is 34.5 Å². The number of carboxylic acid groups (broad SMARTS) is 1. The maximum absolute atomic E-state index is 13.2. The summed E-state index contributed by atoms with van der Waals surface area (Å²) in [5.41, 5.74) is 2.33. The fourth-order valence-corrected chi connectivity index (χ4v) is 3.49. The highest BCUT2D eigenvalue weighted by Crippen LogP contribution is 2.32. The van der Waals surface area contributed by atoms with Gasteiger partial charge in [-0.05, 0) is 43.2 Å². The molecule has 0 aliphatic carbocycles. The maximum atomic E-state index is 13.2. The molecule has 3 rings (SSSR count). The molecule has 1 N–H and O–H groups in total. The lowest BCUT2D eigenvalue weighted by Gasteiger charge is -2.17. The van der Waals surface area contributed by atoms with Crippen molar-refractivity contribution in [2.24, 2.45) is 5.18 Å². The van der Waals surface area contributed by atoms with Gasteiger partial charge < -0.3 is 5.11 Å². The predicted octanol–water partition coefficient (Wildman–Crippen LogP) is 4.02. The number of aliphatic carboxylic acids is 1. The molecule has 0 amide bonds. The average molecular weight is 400 g/mol. The number of benzene rings is 1. The molecular weight excluding hydrogens is 382 g/mol. The van der Waals surface area contributed by atoms with Crippen LogP contribution in [0.5, 0.6) is 0 Å². The van der Waals surface area contributed by atoms with Crippen molar-refractivity contribution in [3.63, 3.8) is 0 Å². The zero-order valence-electron chi connectivity index (χ0n) is 15.2. The summed E-state index contributed by atoms with van der Waals surface area (Å²) in [6.45, 7) is 2.07. The monoisotopic (exact) mass is 399 g/mol. The van der Waals surface area contributed by atoms with Crippen molar-refractivity contribution in [3.05, 3.63) is 67.9 Å². The fraction of sp³-hybridized carbons (Fsp3) is 0.250. The van der Waals surface area contributed by atoms with Gasteiger partial charge in [0.15, 0.2) is 0 Å². The largest absolute Gasteiger partial charge is 0.481 e. The molecule has 0 radical (unpaired) electrons. The first-order valence-electron chi connectivity index (χ1n) is 8.78. The molecule has 0 aliphatic heterocycles. The molecule has 7 nitrogen and oxygen atoms in total. The van der Waals surface area contributed by atoms with Gasteiger partial charge in [-0.2, -0.15) is 4.91 Å². The Labute approximate surface area is 165 Å². The van der Waals surface area contributed by atoms with E-state index >= 15 is 0 Å². The molecule has 0 atom stereocenters. The molecule has 144 valence electrons. The number of hydrogen-bond acceptors (Lipinski definition) is 5. The summed E-state index contributed by atoms with van der Waals surface area (Å²) in [4.78, 5) is 39.4. The Kier molecular flexibility index (Phi) is 5.84. The quantitative estimate of drug-likeness (QED) is 0.604. The van der Waals surface area contributed by atoms with Crippen LogP contribution < -0.4 is 5.56 Å². The fourth-order valence-electron chi connectivity index (χ4n) is 3.30. The molecule has 0 spiro atoms. The minimum atomic E-state index is -0.981. The van der Waals surface area contributed by atoms with Crippen LogP contribution in [-0.4, -0.2) is 20.6 Å². The summed E-state index contributed by atoms with van der Waals surface area (Å²) in [5.74, 6) is -0.981. The summed E-state index contributed by atoms with van der Waals surface area (Å²) in [5, 5.41) is 13.2. The summed E-state index contributed by atoms with van der Waals surface area (Å²) in [6, 6.07) is 10.5. The number of fused-ring (bicyclic) bond motifs is 1. The number of carbonyl (C=O) groups is 1. The van der Waals surface area contributed by atoms with E-state index in [1.54, 1.807) is 30.3 Å². The molecule has 2 heterocycles. The highest BCUT2D eigenvalue weighted by Gasteiger charge is 2.20. The topological polar surface area (TPSA) is 102 Å². The lowest BCUT2D eigenvalue weighted by molar-refractivity contribution is -0.136. The molecule has 1 aromatic carbocycles. The van der Waals surface area contributed by atoms with Gasteiger partial charge in [-0.1, -0.05) is 28.9 Å². The number of aromatic nitrogens is 2. The van der Waals surface area contributed by atoms with E-state index in [0.717, 1.165) is 0 Å². The second-order valence-electron chi connectivity index (χ2n) is 6.27. The van der Waals surface area contributed by atoms with Gasteiger partial charge in [-0.3, -0.25) is 14.2 Å². The second-order valence-corrected chi connectivity index (χ2v) is 6.70. The third kappa shape index (κ3) is 3.80. The summed E-state index contributed by atoms with van der Waals surface area (Å²) in [6.07, 6.45) is -0.0812. The molecule has 0 saturated heterocycles. The lowest BCUT2D eigenvalue weighted by Crippen LogP contribution is -2.26. The zero-order valence-corrected chi connectivity index (χ0v) is 15.9. The Balaban J connectivity index is 2.41. The van der Waals surface area contributed by atoms with E-state index in [0.29, 0.717) is 45.0 Å². The van der Waals surface area contributed by atoms with Crippen LogP contribution in [0.15, 0.2) is 46.4 Å². The van der Waals surface area contributed by atoms with E-state index < -0.39 is 5.97 Å². The Morgan fingerprint density at radius 1 is 1.29 bits per heavy atom. The van der Waals surface area contributed by atoms with Gasteiger partial charge in [0.1, 0.15) is 12.2 Å². The van der Waals surface area contributed by atoms with E-state index in [4.69, 9.17) is 16.7 Å². The van der Waals surface area contributed by atoms with Crippen LogP contribution in [0.25, 0.3) is 22.2 Å². The van der Waals surface area contributed by atoms with Gasteiger partial charge in [0.05, 0.1) is 5.69 Å². The molecule has 2 aromatic heterocycles. The third-order valence-electron chi connectivity index (χ3n) is 4.51. The van der Waals surface area contributed by atoms with Crippen LogP contribution in [-0.2, 0) is 24.3 Å². The zero-order chi connectivity index (χ0) is 20.3. The van der Waals surface area contributed by atoms with Crippen molar-refractivity contribution in [1.82, 2.24) is 9.55 Å². The van der Waals surface area contributed by atoms with E-state index in [-0.39, 0.29) is 24.9 Å². The Bertz CT molecular complexity index is 1120. The normalized spacial score (nSPS) is 10.9.